The van der Waals surface area contributed by atoms with Crippen LogP contribution in [0.1, 0.15) is 32.3 Å². The van der Waals surface area contributed by atoms with Crippen LogP contribution in [0.2, 0.25) is 0 Å². The third-order valence-electron chi connectivity index (χ3n) is 4.10. The van der Waals surface area contributed by atoms with Gasteiger partial charge in [-0.2, -0.15) is 10.4 Å². The molecule has 0 atom stereocenters. The summed E-state index contributed by atoms with van der Waals surface area (Å²) >= 11 is 0. The Labute approximate surface area is 158 Å². The second-order valence-electron chi connectivity index (χ2n) is 5.78. The molecule has 0 spiro atoms. The smallest absolute Gasteiger partial charge is 0.227 e. The molecular formula is C19H22N8. The van der Waals surface area contributed by atoms with E-state index in [9.17, 15) is 5.26 Å². The van der Waals surface area contributed by atoms with Crippen molar-refractivity contribution in [2.75, 3.05) is 23.3 Å². The minimum atomic E-state index is 0.459. The molecule has 1 saturated heterocycles. The van der Waals surface area contributed by atoms with Crippen LogP contribution in [0.4, 0.5) is 17.5 Å². The molecule has 0 radical (unpaired) electrons. The van der Waals surface area contributed by atoms with Gasteiger partial charge in [-0.1, -0.05) is 13.8 Å². The normalized spacial score (nSPS) is 12.9. The van der Waals surface area contributed by atoms with E-state index in [4.69, 9.17) is 0 Å². The Morgan fingerprint density at radius 1 is 1.19 bits per heavy atom. The van der Waals surface area contributed by atoms with Gasteiger partial charge < -0.3 is 10.2 Å². The van der Waals surface area contributed by atoms with Crippen LogP contribution in [-0.2, 0) is 0 Å². The van der Waals surface area contributed by atoms with E-state index in [1.165, 1.54) is 0 Å². The number of nitriles is 1. The van der Waals surface area contributed by atoms with Gasteiger partial charge in [0.15, 0.2) is 0 Å². The summed E-state index contributed by atoms with van der Waals surface area (Å²) in [7, 11) is 0. The van der Waals surface area contributed by atoms with Gasteiger partial charge in [-0.15, -0.1) is 0 Å². The van der Waals surface area contributed by atoms with Gasteiger partial charge >= 0.3 is 0 Å². The van der Waals surface area contributed by atoms with Crippen molar-refractivity contribution in [3.8, 4) is 17.3 Å². The maximum absolute atomic E-state index is 9.50. The average molecular weight is 362 g/mol. The predicted octanol–water partition coefficient (Wildman–Crippen LogP) is 3.50. The van der Waals surface area contributed by atoms with Gasteiger partial charge in [-0.05, 0) is 25.0 Å². The zero-order valence-electron chi connectivity index (χ0n) is 15.5. The summed E-state index contributed by atoms with van der Waals surface area (Å²) in [4.78, 5) is 15.4. The molecule has 3 aromatic heterocycles. The molecule has 1 fully saturated rings. The van der Waals surface area contributed by atoms with Crippen molar-refractivity contribution in [3.05, 3.63) is 42.5 Å². The van der Waals surface area contributed by atoms with Gasteiger partial charge in [0.2, 0.25) is 5.95 Å². The highest BCUT2D eigenvalue weighted by Gasteiger charge is 2.18. The lowest BCUT2D eigenvalue weighted by atomic mass is 10.1. The van der Waals surface area contributed by atoms with Crippen LogP contribution in [0.15, 0.2) is 36.9 Å². The van der Waals surface area contributed by atoms with Gasteiger partial charge in [0.05, 0.1) is 23.1 Å². The molecule has 0 amide bonds. The summed E-state index contributed by atoms with van der Waals surface area (Å²) in [5, 5.41) is 19.2. The number of nitrogens with zero attached hydrogens (tertiary/aromatic N) is 6. The van der Waals surface area contributed by atoms with E-state index >= 15 is 0 Å². The van der Waals surface area contributed by atoms with Crippen molar-refractivity contribution in [2.24, 2.45) is 0 Å². The Bertz CT molecular complexity index is 908. The zero-order valence-corrected chi connectivity index (χ0v) is 15.5. The summed E-state index contributed by atoms with van der Waals surface area (Å²) in [5.41, 5.74) is 2.84. The minimum Gasteiger partial charge on any atom is -0.356 e. The van der Waals surface area contributed by atoms with E-state index in [1.54, 1.807) is 30.9 Å². The molecule has 8 nitrogen and oxygen atoms in total. The first-order valence-corrected chi connectivity index (χ1v) is 9.08. The van der Waals surface area contributed by atoms with Crippen LogP contribution < -0.4 is 10.2 Å². The van der Waals surface area contributed by atoms with Gasteiger partial charge in [-0.3, -0.25) is 5.10 Å². The maximum atomic E-state index is 9.50. The molecule has 0 aliphatic carbocycles. The fourth-order valence-corrected chi connectivity index (χ4v) is 2.89. The fraction of sp³-hybridized carbons (Fsp3) is 0.316. The van der Waals surface area contributed by atoms with E-state index in [0.717, 1.165) is 43.0 Å². The highest BCUT2D eigenvalue weighted by atomic mass is 15.2. The lowest BCUT2D eigenvalue weighted by Gasteiger charge is -2.17. The molecule has 0 aromatic carbocycles. The Hall–Kier alpha value is -3.47. The Morgan fingerprint density at radius 3 is 2.70 bits per heavy atom. The van der Waals surface area contributed by atoms with Gasteiger partial charge in [0.1, 0.15) is 11.9 Å². The number of pyridine rings is 1. The third kappa shape index (κ3) is 4.20. The molecule has 2 N–H and O–H groups in total. The highest BCUT2D eigenvalue weighted by molar-refractivity contribution is 5.67. The van der Waals surface area contributed by atoms with Gasteiger partial charge in [-0.25, -0.2) is 15.0 Å². The summed E-state index contributed by atoms with van der Waals surface area (Å²) in [6.45, 7) is 5.90. The molecule has 0 unspecified atom stereocenters. The molecule has 4 rings (SSSR count). The zero-order chi connectivity index (χ0) is 19.1. The van der Waals surface area contributed by atoms with Crippen LogP contribution in [-0.4, -0.2) is 38.2 Å². The SMILES string of the molecule is CC.N#Cc1cc(-c2ccnc(Nc3cn[nH]c3)n2)cnc1N1CCCC1. The third-order valence-corrected chi connectivity index (χ3v) is 4.10. The number of anilines is 3. The van der Waals surface area contributed by atoms with Crippen molar-refractivity contribution in [1.82, 2.24) is 25.1 Å². The number of rotatable bonds is 4. The van der Waals surface area contributed by atoms with Crippen molar-refractivity contribution in [1.29, 1.82) is 5.26 Å². The first-order valence-electron chi connectivity index (χ1n) is 9.08. The summed E-state index contributed by atoms with van der Waals surface area (Å²) in [6, 6.07) is 5.90. The predicted molar refractivity (Wildman–Crippen MR) is 105 cm³/mol. The molecule has 138 valence electrons. The lowest BCUT2D eigenvalue weighted by Crippen LogP contribution is -2.20. The molecule has 27 heavy (non-hydrogen) atoms. The number of nitrogens with one attached hydrogen (secondary N) is 2. The topological polar surface area (TPSA) is 106 Å². The largest absolute Gasteiger partial charge is 0.356 e. The standard InChI is InChI=1S/C17H16N8.C2H6/c18-8-12-7-13(9-20-16(12)25-5-1-2-6-25)15-3-4-19-17(24-15)23-14-10-21-22-11-14;1-2/h3-4,7,9-11H,1-2,5-6H2,(H,21,22)(H,19,23,24);1-2H3. The van der Waals surface area contributed by atoms with Crippen molar-refractivity contribution < 1.29 is 0 Å². The van der Waals surface area contributed by atoms with E-state index in [0.29, 0.717) is 17.2 Å². The first-order chi connectivity index (χ1) is 13.3. The molecule has 0 bridgehead atoms. The minimum absolute atomic E-state index is 0.459. The second kappa shape index (κ2) is 8.76. The van der Waals surface area contributed by atoms with Crippen molar-refractivity contribution in [3.63, 3.8) is 0 Å². The number of hydrogen-bond acceptors (Lipinski definition) is 7. The van der Waals surface area contributed by atoms with Crippen LogP contribution in [0.25, 0.3) is 11.3 Å². The summed E-state index contributed by atoms with van der Waals surface area (Å²) in [6.07, 6.45) is 9.09. The van der Waals surface area contributed by atoms with Crippen molar-refractivity contribution >= 4 is 17.5 Å². The Balaban J connectivity index is 0.00000102. The van der Waals surface area contributed by atoms with Crippen LogP contribution in [0.3, 0.4) is 0 Å². The average Bonchev–Trinajstić information content (AvgIpc) is 3.43. The van der Waals surface area contributed by atoms with E-state index in [-0.39, 0.29) is 0 Å². The quantitative estimate of drug-likeness (QED) is 0.731. The second-order valence-corrected chi connectivity index (χ2v) is 5.78. The fourth-order valence-electron chi connectivity index (χ4n) is 2.89. The van der Waals surface area contributed by atoms with Crippen LogP contribution in [0, 0.1) is 11.3 Å². The Morgan fingerprint density at radius 2 is 2.00 bits per heavy atom. The summed E-state index contributed by atoms with van der Waals surface area (Å²) in [5.74, 6) is 1.22. The molecule has 0 saturated carbocycles. The maximum Gasteiger partial charge on any atom is 0.227 e. The van der Waals surface area contributed by atoms with Crippen molar-refractivity contribution in [2.45, 2.75) is 26.7 Å². The molecule has 1 aliphatic heterocycles. The highest BCUT2D eigenvalue weighted by Crippen LogP contribution is 2.26. The van der Waals surface area contributed by atoms with E-state index in [2.05, 4.69) is 41.4 Å². The molecule has 3 aromatic rings. The van der Waals surface area contributed by atoms with E-state index in [1.807, 2.05) is 19.9 Å². The molecule has 4 heterocycles. The molecular weight excluding hydrogens is 340 g/mol. The summed E-state index contributed by atoms with van der Waals surface area (Å²) < 4.78 is 0. The molecule has 1 aliphatic rings. The number of aromatic nitrogens is 5. The number of aromatic amines is 1. The Kier molecular flexibility index (Phi) is 5.94. The van der Waals surface area contributed by atoms with Gasteiger partial charge in [0, 0.05) is 37.2 Å². The lowest BCUT2D eigenvalue weighted by molar-refractivity contribution is 0.934. The van der Waals surface area contributed by atoms with Crippen LogP contribution in [0.5, 0.6) is 0 Å². The first kappa shape index (κ1) is 18.3. The molecule has 8 heteroatoms. The van der Waals surface area contributed by atoms with E-state index < -0.39 is 0 Å². The van der Waals surface area contributed by atoms with Gasteiger partial charge in [0.25, 0.3) is 0 Å². The monoisotopic (exact) mass is 362 g/mol. The number of H-pyrrole nitrogens is 1. The number of hydrogen-bond donors (Lipinski definition) is 2. The van der Waals surface area contributed by atoms with Crippen LogP contribution >= 0.6 is 0 Å².